The highest BCUT2D eigenvalue weighted by atomic mass is 19.1. The van der Waals surface area contributed by atoms with E-state index in [2.05, 4.69) is 15.5 Å². The Kier molecular flexibility index (Phi) is 7.36. The van der Waals surface area contributed by atoms with Gasteiger partial charge in [0, 0.05) is 50.6 Å². The van der Waals surface area contributed by atoms with Crippen LogP contribution >= 0.6 is 0 Å². The number of halogens is 2. The molecule has 2 N–H and O–H groups in total. The average molecular weight is 472 g/mol. The maximum absolute atomic E-state index is 13.2. The van der Waals surface area contributed by atoms with Crippen LogP contribution < -0.4 is 15.5 Å². The zero-order valence-electron chi connectivity index (χ0n) is 18.7. The highest BCUT2D eigenvalue weighted by Crippen LogP contribution is 2.18. The molecule has 3 amide bonds. The van der Waals surface area contributed by atoms with E-state index >= 15 is 0 Å². The highest BCUT2D eigenvalue weighted by molar-refractivity contribution is 5.97. The number of rotatable bonds is 6. The first-order chi connectivity index (χ1) is 16.4. The van der Waals surface area contributed by atoms with E-state index in [1.54, 1.807) is 12.1 Å². The molecule has 2 aromatic carbocycles. The van der Waals surface area contributed by atoms with Gasteiger partial charge in [-0.2, -0.15) is 0 Å². The monoisotopic (exact) mass is 471 g/mol. The van der Waals surface area contributed by atoms with Crippen LogP contribution in [0.2, 0.25) is 0 Å². The van der Waals surface area contributed by atoms with Crippen LogP contribution in [0.1, 0.15) is 6.42 Å². The van der Waals surface area contributed by atoms with Gasteiger partial charge in [-0.1, -0.05) is 0 Å². The smallest absolute Gasteiger partial charge is 0.243 e. The topological polar surface area (TPSA) is 85.0 Å². The fraction of sp³-hybridized carbons (Fsp3) is 0.375. The number of hydrogen-bond acceptors (Lipinski definition) is 5. The molecule has 0 unspecified atom stereocenters. The average Bonchev–Trinajstić information content (AvgIpc) is 2.83. The van der Waals surface area contributed by atoms with E-state index in [9.17, 15) is 23.2 Å². The Morgan fingerprint density at radius 2 is 1.53 bits per heavy atom. The van der Waals surface area contributed by atoms with Gasteiger partial charge in [-0.25, -0.2) is 8.78 Å². The third-order valence-corrected chi connectivity index (χ3v) is 6.08. The van der Waals surface area contributed by atoms with E-state index in [1.807, 2.05) is 4.90 Å². The second-order valence-electron chi connectivity index (χ2n) is 8.39. The van der Waals surface area contributed by atoms with E-state index in [0.29, 0.717) is 45.0 Å². The summed E-state index contributed by atoms with van der Waals surface area (Å²) in [5, 5.41) is 5.35. The lowest BCUT2D eigenvalue weighted by atomic mass is 10.1. The SMILES string of the molecule is O=C(C[C@@H]1C(=O)NCCN1C(=O)CN1CCN(c2ccc(F)cc2)CC1)Nc1ccc(F)cc1. The number of benzene rings is 2. The zero-order chi connectivity index (χ0) is 24.1. The van der Waals surface area contributed by atoms with Gasteiger partial charge >= 0.3 is 0 Å². The molecule has 8 nitrogen and oxygen atoms in total. The molecule has 0 saturated carbocycles. The standard InChI is InChI=1S/C24H27F2N5O3/c25-17-1-5-19(6-2-17)28-22(32)15-21-24(34)27-9-10-31(21)23(33)16-29-11-13-30(14-12-29)20-7-3-18(26)4-8-20/h1-8,21H,9-16H2,(H,27,34)(H,28,32)/t21-/m1/s1. The maximum atomic E-state index is 13.2. The summed E-state index contributed by atoms with van der Waals surface area (Å²) in [7, 11) is 0. The first kappa shape index (κ1) is 23.6. The Bertz CT molecular complexity index is 1020. The van der Waals surface area contributed by atoms with Crippen molar-refractivity contribution in [2.45, 2.75) is 12.5 Å². The summed E-state index contributed by atoms with van der Waals surface area (Å²) in [6, 6.07) is 10.8. The van der Waals surface area contributed by atoms with Crippen molar-refractivity contribution in [2.24, 2.45) is 0 Å². The molecule has 0 aliphatic carbocycles. The quantitative estimate of drug-likeness (QED) is 0.666. The van der Waals surface area contributed by atoms with Crippen LogP contribution in [0.4, 0.5) is 20.2 Å². The molecule has 2 fully saturated rings. The van der Waals surface area contributed by atoms with E-state index in [0.717, 1.165) is 5.69 Å². The van der Waals surface area contributed by atoms with Gasteiger partial charge in [0.1, 0.15) is 17.7 Å². The van der Waals surface area contributed by atoms with Crippen LogP contribution in [0, 0.1) is 11.6 Å². The van der Waals surface area contributed by atoms with Crippen molar-refractivity contribution in [1.82, 2.24) is 15.1 Å². The van der Waals surface area contributed by atoms with Crippen LogP contribution in [-0.2, 0) is 14.4 Å². The van der Waals surface area contributed by atoms with Gasteiger partial charge in [0.25, 0.3) is 0 Å². The van der Waals surface area contributed by atoms with E-state index in [1.165, 1.54) is 41.3 Å². The number of nitrogens with zero attached hydrogens (tertiary/aromatic N) is 3. The number of carbonyl (C=O) groups excluding carboxylic acids is 3. The summed E-state index contributed by atoms with van der Waals surface area (Å²) in [5.41, 5.74) is 1.35. The highest BCUT2D eigenvalue weighted by Gasteiger charge is 2.35. The molecule has 2 saturated heterocycles. The van der Waals surface area contributed by atoms with Crippen molar-refractivity contribution in [3.63, 3.8) is 0 Å². The molecule has 0 aromatic heterocycles. The first-order valence-electron chi connectivity index (χ1n) is 11.2. The largest absolute Gasteiger partial charge is 0.369 e. The molecule has 0 radical (unpaired) electrons. The minimum Gasteiger partial charge on any atom is -0.369 e. The molecule has 2 aliphatic heterocycles. The summed E-state index contributed by atoms with van der Waals surface area (Å²) in [6.45, 7) is 3.51. The van der Waals surface area contributed by atoms with Crippen LogP contribution in [0.25, 0.3) is 0 Å². The molecule has 34 heavy (non-hydrogen) atoms. The fourth-order valence-electron chi connectivity index (χ4n) is 4.24. The predicted octanol–water partition coefficient (Wildman–Crippen LogP) is 1.44. The molecule has 0 spiro atoms. The number of carbonyl (C=O) groups is 3. The van der Waals surface area contributed by atoms with Crippen molar-refractivity contribution in [3.05, 3.63) is 60.2 Å². The van der Waals surface area contributed by atoms with Crippen molar-refractivity contribution in [1.29, 1.82) is 0 Å². The molecule has 2 aliphatic rings. The number of anilines is 2. The fourth-order valence-corrected chi connectivity index (χ4v) is 4.24. The van der Waals surface area contributed by atoms with Gasteiger partial charge in [-0.15, -0.1) is 0 Å². The third-order valence-electron chi connectivity index (χ3n) is 6.08. The van der Waals surface area contributed by atoms with Gasteiger partial charge in [-0.05, 0) is 48.5 Å². The van der Waals surface area contributed by atoms with Crippen LogP contribution in [0.3, 0.4) is 0 Å². The molecule has 180 valence electrons. The molecule has 0 bridgehead atoms. The summed E-state index contributed by atoms with van der Waals surface area (Å²) in [5.74, 6) is -1.70. The molecule has 2 aromatic rings. The van der Waals surface area contributed by atoms with Gasteiger partial charge in [0.05, 0.1) is 13.0 Å². The van der Waals surface area contributed by atoms with Gasteiger partial charge < -0.3 is 20.4 Å². The number of amides is 3. The predicted molar refractivity (Wildman–Crippen MR) is 123 cm³/mol. The van der Waals surface area contributed by atoms with E-state index in [4.69, 9.17) is 0 Å². The first-order valence-corrected chi connectivity index (χ1v) is 11.2. The summed E-state index contributed by atoms with van der Waals surface area (Å²) in [6.07, 6.45) is -0.187. The van der Waals surface area contributed by atoms with Crippen molar-refractivity contribution < 1.29 is 23.2 Å². The molecule has 1 atom stereocenters. The Balaban J connectivity index is 1.31. The Hall–Kier alpha value is -3.53. The molecule has 10 heteroatoms. The van der Waals surface area contributed by atoms with Crippen LogP contribution in [0.5, 0.6) is 0 Å². The second kappa shape index (κ2) is 10.6. The Morgan fingerprint density at radius 1 is 0.912 bits per heavy atom. The lowest BCUT2D eigenvalue weighted by Gasteiger charge is -2.39. The summed E-state index contributed by atoms with van der Waals surface area (Å²) in [4.78, 5) is 43.7. The van der Waals surface area contributed by atoms with Crippen molar-refractivity contribution in [3.8, 4) is 0 Å². The Labute approximate surface area is 196 Å². The molecule has 2 heterocycles. The maximum Gasteiger partial charge on any atom is 0.243 e. The van der Waals surface area contributed by atoms with Gasteiger partial charge in [-0.3, -0.25) is 19.3 Å². The van der Waals surface area contributed by atoms with Crippen molar-refractivity contribution >= 4 is 29.1 Å². The lowest BCUT2D eigenvalue weighted by Crippen LogP contribution is -2.60. The number of nitrogens with one attached hydrogen (secondary N) is 2. The number of hydrogen-bond donors (Lipinski definition) is 2. The van der Waals surface area contributed by atoms with Crippen LogP contribution in [-0.4, -0.2) is 79.4 Å². The summed E-state index contributed by atoms with van der Waals surface area (Å²) < 4.78 is 26.2. The summed E-state index contributed by atoms with van der Waals surface area (Å²) >= 11 is 0. The van der Waals surface area contributed by atoms with Gasteiger partial charge in [0.2, 0.25) is 17.7 Å². The molecule has 4 rings (SSSR count). The van der Waals surface area contributed by atoms with E-state index < -0.39 is 17.8 Å². The van der Waals surface area contributed by atoms with Crippen molar-refractivity contribution in [2.75, 3.05) is 56.0 Å². The minimum absolute atomic E-state index is 0.153. The zero-order valence-corrected chi connectivity index (χ0v) is 18.7. The van der Waals surface area contributed by atoms with Crippen LogP contribution in [0.15, 0.2) is 48.5 Å². The molecular weight excluding hydrogens is 444 g/mol. The lowest BCUT2D eigenvalue weighted by molar-refractivity contribution is -0.145. The molecular formula is C24H27F2N5O3. The van der Waals surface area contributed by atoms with Gasteiger partial charge in [0.15, 0.2) is 0 Å². The minimum atomic E-state index is -0.901. The third kappa shape index (κ3) is 5.88. The second-order valence-corrected chi connectivity index (χ2v) is 8.39. The normalized spacial score (nSPS) is 19.0. The Morgan fingerprint density at radius 3 is 2.18 bits per heavy atom. The number of piperazine rings is 2. The van der Waals surface area contributed by atoms with E-state index in [-0.39, 0.29) is 30.6 Å².